The highest BCUT2D eigenvalue weighted by Crippen LogP contribution is 2.32. The van der Waals surface area contributed by atoms with E-state index < -0.39 is 5.60 Å². The van der Waals surface area contributed by atoms with Gasteiger partial charge in [0.25, 0.3) is 0 Å². The molecule has 0 saturated carbocycles. The molecule has 0 atom stereocenters. The Hall–Kier alpha value is -3.11. The van der Waals surface area contributed by atoms with E-state index in [1.165, 1.54) is 17.8 Å². The van der Waals surface area contributed by atoms with Crippen molar-refractivity contribution >= 4 is 40.7 Å². The SMILES string of the molecule is CCC(=O)Nc1ccc(Sc2nc(N/C(N)=C/C(C)=N)cc(N3CCC(O)(CC)CC3)n2)cc1. The van der Waals surface area contributed by atoms with Crippen LogP contribution in [-0.4, -0.2) is 45.4 Å². The number of hydrogen-bond acceptors (Lipinski definition) is 9. The summed E-state index contributed by atoms with van der Waals surface area (Å²) in [6.45, 7) is 6.86. The molecule has 1 fully saturated rings. The van der Waals surface area contributed by atoms with Gasteiger partial charge in [-0.3, -0.25) is 4.79 Å². The second-order valence-electron chi connectivity index (χ2n) is 8.39. The molecule has 1 aliphatic heterocycles. The predicted molar refractivity (Wildman–Crippen MR) is 137 cm³/mol. The van der Waals surface area contributed by atoms with E-state index in [-0.39, 0.29) is 5.91 Å². The van der Waals surface area contributed by atoms with Gasteiger partial charge < -0.3 is 31.8 Å². The molecular weight excluding hydrogens is 450 g/mol. The van der Waals surface area contributed by atoms with E-state index in [1.54, 1.807) is 6.92 Å². The highest BCUT2D eigenvalue weighted by Gasteiger charge is 2.31. The van der Waals surface area contributed by atoms with Gasteiger partial charge in [-0.25, -0.2) is 9.97 Å². The largest absolute Gasteiger partial charge is 0.390 e. The number of piperidine rings is 1. The number of nitrogens with one attached hydrogen (secondary N) is 3. The van der Waals surface area contributed by atoms with Crippen LogP contribution in [0.4, 0.5) is 17.3 Å². The smallest absolute Gasteiger partial charge is 0.224 e. The second-order valence-corrected chi connectivity index (χ2v) is 9.44. The van der Waals surface area contributed by atoms with Gasteiger partial charge in [0.15, 0.2) is 5.16 Å². The normalized spacial score (nSPS) is 15.6. The van der Waals surface area contributed by atoms with Gasteiger partial charge in [-0.1, -0.05) is 13.8 Å². The fourth-order valence-electron chi connectivity index (χ4n) is 3.57. The fraction of sp³-hybridized carbons (Fsp3) is 0.417. The highest BCUT2D eigenvalue weighted by atomic mass is 32.2. The number of carbonyl (C=O) groups excluding carboxylic acids is 1. The van der Waals surface area contributed by atoms with Crippen molar-refractivity contribution in [3.05, 3.63) is 42.2 Å². The average molecular weight is 484 g/mol. The van der Waals surface area contributed by atoms with Gasteiger partial charge in [0.05, 0.1) is 5.60 Å². The Balaban J connectivity index is 1.83. The average Bonchev–Trinajstić information content (AvgIpc) is 2.80. The van der Waals surface area contributed by atoms with E-state index in [0.29, 0.717) is 54.9 Å². The van der Waals surface area contributed by atoms with Gasteiger partial charge in [-0.05, 0) is 68.3 Å². The lowest BCUT2D eigenvalue weighted by atomic mass is 9.89. The van der Waals surface area contributed by atoms with Gasteiger partial charge in [-0.2, -0.15) is 0 Å². The first kappa shape index (κ1) is 25.5. The Labute approximate surface area is 204 Å². The van der Waals surface area contributed by atoms with Crippen molar-refractivity contribution in [2.75, 3.05) is 28.6 Å². The van der Waals surface area contributed by atoms with Crippen LogP contribution in [0.1, 0.15) is 46.5 Å². The number of aromatic nitrogens is 2. The molecule has 1 aromatic heterocycles. The lowest BCUT2D eigenvalue weighted by molar-refractivity contribution is -0.115. The molecule has 0 aliphatic carbocycles. The molecule has 9 nitrogen and oxygen atoms in total. The first-order valence-electron chi connectivity index (χ1n) is 11.4. The number of nitrogens with zero attached hydrogens (tertiary/aromatic N) is 3. The first-order valence-corrected chi connectivity index (χ1v) is 12.2. The molecule has 3 rings (SSSR count). The number of nitrogens with two attached hydrogens (primary N) is 1. The number of rotatable bonds is 9. The zero-order chi connectivity index (χ0) is 24.7. The number of amides is 1. The minimum absolute atomic E-state index is 0.0329. The summed E-state index contributed by atoms with van der Waals surface area (Å²) in [5.74, 6) is 1.58. The lowest BCUT2D eigenvalue weighted by Crippen LogP contribution is -2.44. The molecule has 2 aromatic rings. The maximum Gasteiger partial charge on any atom is 0.224 e. The minimum atomic E-state index is -0.619. The molecule has 1 aliphatic rings. The predicted octanol–water partition coefficient (Wildman–Crippen LogP) is 3.97. The molecule has 6 N–H and O–H groups in total. The third-order valence-electron chi connectivity index (χ3n) is 5.68. The molecule has 0 bridgehead atoms. The molecule has 1 aromatic carbocycles. The van der Waals surface area contributed by atoms with Crippen LogP contribution in [0.15, 0.2) is 52.3 Å². The molecule has 34 heavy (non-hydrogen) atoms. The van der Waals surface area contributed by atoms with E-state index in [2.05, 4.69) is 20.5 Å². The monoisotopic (exact) mass is 483 g/mol. The number of carbonyl (C=O) groups is 1. The number of benzene rings is 1. The van der Waals surface area contributed by atoms with Gasteiger partial charge >= 0.3 is 0 Å². The highest BCUT2D eigenvalue weighted by molar-refractivity contribution is 7.99. The van der Waals surface area contributed by atoms with Gasteiger partial charge in [-0.15, -0.1) is 0 Å². The van der Waals surface area contributed by atoms with Gasteiger partial charge in [0.1, 0.15) is 17.5 Å². The molecule has 0 radical (unpaired) electrons. The molecule has 0 unspecified atom stereocenters. The van der Waals surface area contributed by atoms with Crippen LogP contribution in [0, 0.1) is 5.41 Å². The molecular formula is C24H33N7O2S. The van der Waals surface area contributed by atoms with Crippen molar-refractivity contribution in [1.82, 2.24) is 9.97 Å². The topological polar surface area (TPSA) is 140 Å². The maximum atomic E-state index is 11.6. The first-order chi connectivity index (χ1) is 16.2. The Morgan fingerprint density at radius 3 is 2.50 bits per heavy atom. The summed E-state index contributed by atoms with van der Waals surface area (Å²) in [5.41, 5.74) is 6.47. The van der Waals surface area contributed by atoms with E-state index in [0.717, 1.165) is 22.8 Å². The molecule has 1 saturated heterocycles. The van der Waals surface area contributed by atoms with Crippen molar-refractivity contribution in [3.63, 3.8) is 0 Å². The van der Waals surface area contributed by atoms with E-state index in [9.17, 15) is 9.90 Å². The molecule has 0 spiro atoms. The van der Waals surface area contributed by atoms with Crippen molar-refractivity contribution in [3.8, 4) is 0 Å². The van der Waals surface area contributed by atoms with Crippen LogP contribution in [-0.2, 0) is 4.79 Å². The van der Waals surface area contributed by atoms with Crippen LogP contribution >= 0.6 is 11.8 Å². The fourth-order valence-corrected chi connectivity index (χ4v) is 4.33. The van der Waals surface area contributed by atoms with Crippen molar-refractivity contribution < 1.29 is 9.90 Å². The van der Waals surface area contributed by atoms with Crippen LogP contribution in [0.3, 0.4) is 0 Å². The van der Waals surface area contributed by atoms with Crippen molar-refractivity contribution in [1.29, 1.82) is 5.41 Å². The Morgan fingerprint density at radius 1 is 1.24 bits per heavy atom. The molecule has 182 valence electrons. The summed E-state index contributed by atoms with van der Waals surface area (Å²) < 4.78 is 0. The Bertz CT molecular complexity index is 1050. The number of aliphatic hydroxyl groups is 1. The third-order valence-corrected chi connectivity index (χ3v) is 6.55. The van der Waals surface area contributed by atoms with E-state index in [4.69, 9.17) is 16.1 Å². The van der Waals surface area contributed by atoms with Crippen LogP contribution < -0.4 is 21.3 Å². The van der Waals surface area contributed by atoms with Crippen LogP contribution in [0.5, 0.6) is 0 Å². The van der Waals surface area contributed by atoms with Crippen molar-refractivity contribution in [2.24, 2.45) is 5.73 Å². The van der Waals surface area contributed by atoms with Crippen molar-refractivity contribution in [2.45, 2.75) is 62.1 Å². The summed E-state index contributed by atoms with van der Waals surface area (Å²) in [4.78, 5) is 24.0. The zero-order valence-corrected chi connectivity index (χ0v) is 20.7. The molecule has 2 heterocycles. The molecule has 10 heteroatoms. The summed E-state index contributed by atoms with van der Waals surface area (Å²) in [5, 5.41) is 24.7. The number of hydrogen-bond donors (Lipinski definition) is 5. The minimum Gasteiger partial charge on any atom is -0.390 e. The standard InChI is InChI=1S/C24H33N7O2S/c1-4-22(32)27-17-6-8-18(9-7-17)34-23-29-20(28-19(26)14-16(3)25)15-21(30-23)31-12-10-24(33,5-2)11-13-31/h6-9,14-15,25,33H,4-5,10-13,26H2,1-3H3,(H,27,32)(H,28,29,30)/b19-14+,25-16?. The number of anilines is 3. The van der Waals surface area contributed by atoms with Gasteiger partial charge in [0, 0.05) is 41.9 Å². The molecule has 1 amide bonds. The summed E-state index contributed by atoms with van der Waals surface area (Å²) in [7, 11) is 0. The van der Waals surface area contributed by atoms with Gasteiger partial charge in [0.2, 0.25) is 5.91 Å². The van der Waals surface area contributed by atoms with Crippen LogP contribution in [0.2, 0.25) is 0 Å². The maximum absolute atomic E-state index is 11.6. The van der Waals surface area contributed by atoms with E-state index >= 15 is 0 Å². The Kier molecular flexibility index (Phi) is 8.51. The van der Waals surface area contributed by atoms with E-state index in [1.807, 2.05) is 44.2 Å². The number of allylic oxidation sites excluding steroid dienone is 1. The summed E-state index contributed by atoms with van der Waals surface area (Å²) in [6, 6.07) is 9.36. The lowest BCUT2D eigenvalue weighted by Gasteiger charge is -2.38. The Morgan fingerprint density at radius 2 is 1.91 bits per heavy atom. The quantitative estimate of drug-likeness (QED) is 0.267. The van der Waals surface area contributed by atoms with Crippen LogP contribution in [0.25, 0.3) is 0 Å². The zero-order valence-electron chi connectivity index (χ0n) is 19.9. The summed E-state index contributed by atoms with van der Waals surface area (Å²) >= 11 is 1.41. The summed E-state index contributed by atoms with van der Waals surface area (Å²) in [6.07, 6.45) is 4.04. The second kappa shape index (κ2) is 11.3. The third kappa shape index (κ3) is 7.19.